The van der Waals surface area contributed by atoms with Crippen molar-refractivity contribution in [3.63, 3.8) is 0 Å². The van der Waals surface area contributed by atoms with Gasteiger partial charge < -0.3 is 10.2 Å². The second-order valence-electron chi connectivity index (χ2n) is 8.99. The molecule has 0 aromatic heterocycles. The molecule has 0 fully saturated rings. The van der Waals surface area contributed by atoms with Gasteiger partial charge >= 0.3 is 0 Å². The van der Waals surface area contributed by atoms with Crippen molar-refractivity contribution in [2.75, 3.05) is 17.1 Å². The van der Waals surface area contributed by atoms with Crippen LogP contribution in [0.5, 0.6) is 0 Å². The normalized spacial score (nSPS) is 13.1. The van der Waals surface area contributed by atoms with E-state index in [9.17, 15) is 18.0 Å². The van der Waals surface area contributed by atoms with Crippen molar-refractivity contribution in [3.8, 4) is 0 Å². The topological polar surface area (TPSA) is 86.8 Å². The van der Waals surface area contributed by atoms with Gasteiger partial charge in [0.05, 0.1) is 11.9 Å². The summed E-state index contributed by atoms with van der Waals surface area (Å²) in [5.41, 5.74) is 2.03. The van der Waals surface area contributed by atoms with Gasteiger partial charge in [-0.1, -0.05) is 48.3 Å². The summed E-state index contributed by atoms with van der Waals surface area (Å²) in [5, 5.41) is 3.72. The van der Waals surface area contributed by atoms with Crippen LogP contribution in [0.1, 0.15) is 51.2 Å². The van der Waals surface area contributed by atoms with Crippen molar-refractivity contribution >= 4 is 50.7 Å². The number of aryl methyl sites for hydroxylation is 1. The molecule has 36 heavy (non-hydrogen) atoms. The number of carbonyl (C=O) groups is 2. The van der Waals surface area contributed by atoms with Crippen LogP contribution in [-0.2, 0) is 26.2 Å². The van der Waals surface area contributed by atoms with E-state index in [1.165, 1.54) is 9.21 Å². The molecule has 2 amide bonds. The van der Waals surface area contributed by atoms with Crippen LogP contribution in [0, 0.1) is 6.92 Å². The Labute approximate surface area is 224 Å². The van der Waals surface area contributed by atoms with Gasteiger partial charge in [0.25, 0.3) is 0 Å². The summed E-state index contributed by atoms with van der Waals surface area (Å²) in [6.07, 6.45) is 2.21. The molecule has 0 aliphatic carbocycles. The molecule has 0 saturated heterocycles. The first-order valence-electron chi connectivity index (χ1n) is 11.9. The average molecular weight is 557 g/mol. The van der Waals surface area contributed by atoms with Crippen molar-refractivity contribution in [2.45, 2.75) is 65.6 Å². The van der Waals surface area contributed by atoms with Crippen LogP contribution in [0.15, 0.2) is 42.5 Å². The maximum atomic E-state index is 13.4. The summed E-state index contributed by atoms with van der Waals surface area (Å²) in [6.45, 7) is 7.59. The molecule has 2 atom stereocenters. The van der Waals surface area contributed by atoms with Gasteiger partial charge in [-0.2, -0.15) is 0 Å². The minimum absolute atomic E-state index is 0.0425. The van der Waals surface area contributed by atoms with Crippen LogP contribution in [-0.4, -0.2) is 50.0 Å². The number of benzene rings is 2. The SMILES string of the molecule is CCC(C)NC(=O)C(C)N(Cc1c(Cl)cccc1Cl)C(=O)CCCN(c1cccc(C)c1)S(C)(=O)=O. The summed E-state index contributed by atoms with van der Waals surface area (Å²) in [7, 11) is -3.55. The lowest BCUT2D eigenvalue weighted by Crippen LogP contribution is -2.49. The molecule has 2 unspecified atom stereocenters. The number of carbonyl (C=O) groups excluding carboxylic acids is 2. The molecule has 0 bridgehead atoms. The molecule has 7 nitrogen and oxygen atoms in total. The van der Waals surface area contributed by atoms with Gasteiger partial charge in [-0.15, -0.1) is 0 Å². The molecule has 2 rings (SSSR count). The molecule has 0 aliphatic rings. The Morgan fingerprint density at radius 3 is 2.22 bits per heavy atom. The molecule has 10 heteroatoms. The fourth-order valence-electron chi connectivity index (χ4n) is 3.69. The van der Waals surface area contributed by atoms with E-state index in [0.29, 0.717) is 21.3 Å². The third kappa shape index (κ3) is 8.39. The lowest BCUT2D eigenvalue weighted by Gasteiger charge is -2.30. The van der Waals surface area contributed by atoms with E-state index in [-0.39, 0.29) is 43.8 Å². The molecule has 198 valence electrons. The highest BCUT2D eigenvalue weighted by atomic mass is 35.5. The van der Waals surface area contributed by atoms with Gasteiger partial charge in [0.15, 0.2) is 0 Å². The van der Waals surface area contributed by atoms with E-state index in [4.69, 9.17) is 23.2 Å². The maximum Gasteiger partial charge on any atom is 0.242 e. The Morgan fingerprint density at radius 1 is 1.06 bits per heavy atom. The van der Waals surface area contributed by atoms with Crippen molar-refractivity contribution < 1.29 is 18.0 Å². The number of halogens is 2. The first-order valence-corrected chi connectivity index (χ1v) is 14.5. The third-order valence-electron chi connectivity index (χ3n) is 6.00. The zero-order valence-electron chi connectivity index (χ0n) is 21.4. The van der Waals surface area contributed by atoms with Gasteiger partial charge in [-0.05, 0) is 63.4 Å². The number of sulfonamides is 1. The van der Waals surface area contributed by atoms with Crippen LogP contribution >= 0.6 is 23.2 Å². The summed E-state index contributed by atoms with van der Waals surface area (Å²) in [4.78, 5) is 27.7. The average Bonchev–Trinajstić information content (AvgIpc) is 2.80. The number of amides is 2. The predicted molar refractivity (Wildman–Crippen MR) is 147 cm³/mol. The van der Waals surface area contributed by atoms with E-state index in [2.05, 4.69) is 5.32 Å². The Morgan fingerprint density at radius 2 is 1.67 bits per heavy atom. The molecule has 0 heterocycles. The first kappa shape index (κ1) is 29.9. The molecule has 0 spiro atoms. The fraction of sp³-hybridized carbons (Fsp3) is 0.462. The van der Waals surface area contributed by atoms with E-state index in [1.54, 1.807) is 43.3 Å². The largest absolute Gasteiger partial charge is 0.352 e. The summed E-state index contributed by atoms with van der Waals surface area (Å²) >= 11 is 12.7. The van der Waals surface area contributed by atoms with Crippen LogP contribution in [0.25, 0.3) is 0 Å². The molecular formula is C26H35Cl2N3O4S. The monoisotopic (exact) mass is 555 g/mol. The number of hydrogen-bond acceptors (Lipinski definition) is 4. The van der Waals surface area contributed by atoms with Crippen molar-refractivity contribution in [1.29, 1.82) is 0 Å². The Bertz CT molecular complexity index is 1150. The number of rotatable bonds is 12. The molecule has 0 aliphatic heterocycles. The molecule has 2 aromatic rings. The van der Waals surface area contributed by atoms with Crippen LogP contribution in [0.3, 0.4) is 0 Å². The molecule has 0 radical (unpaired) electrons. The Kier molecular flexibility index (Phi) is 11.1. The van der Waals surface area contributed by atoms with Gasteiger partial charge in [-0.3, -0.25) is 13.9 Å². The molecular weight excluding hydrogens is 521 g/mol. The predicted octanol–water partition coefficient (Wildman–Crippen LogP) is 5.18. The first-order chi connectivity index (χ1) is 16.8. The quantitative estimate of drug-likeness (QED) is 0.391. The standard InChI is InChI=1S/C26H35Cl2N3O4S/c1-6-19(3)29-26(33)20(4)30(17-22-23(27)12-8-13-24(22)28)25(32)14-9-15-31(36(5,34)35)21-11-7-10-18(2)16-21/h7-8,10-13,16,19-20H,6,9,14-15,17H2,1-5H3,(H,29,33). The van der Waals surface area contributed by atoms with Crippen LogP contribution < -0.4 is 9.62 Å². The van der Waals surface area contributed by atoms with Crippen LogP contribution in [0.2, 0.25) is 10.0 Å². The lowest BCUT2D eigenvalue weighted by atomic mass is 10.1. The highest BCUT2D eigenvalue weighted by Crippen LogP contribution is 2.27. The second kappa shape index (κ2) is 13.3. The summed E-state index contributed by atoms with van der Waals surface area (Å²) < 4.78 is 26.2. The van der Waals surface area contributed by atoms with E-state index >= 15 is 0 Å². The van der Waals surface area contributed by atoms with Gasteiger partial charge in [-0.25, -0.2) is 8.42 Å². The number of nitrogens with one attached hydrogen (secondary N) is 1. The van der Waals surface area contributed by atoms with Crippen molar-refractivity contribution in [2.24, 2.45) is 0 Å². The molecule has 0 saturated carbocycles. The second-order valence-corrected chi connectivity index (χ2v) is 11.7. The Hall–Kier alpha value is -2.29. The minimum atomic E-state index is -3.55. The van der Waals surface area contributed by atoms with Crippen molar-refractivity contribution in [3.05, 3.63) is 63.6 Å². The number of hydrogen-bond donors (Lipinski definition) is 1. The third-order valence-corrected chi connectivity index (χ3v) is 7.90. The number of anilines is 1. The lowest BCUT2D eigenvalue weighted by molar-refractivity contribution is -0.140. The molecule has 2 aromatic carbocycles. The highest BCUT2D eigenvalue weighted by Gasteiger charge is 2.28. The summed E-state index contributed by atoms with van der Waals surface area (Å²) in [6, 6.07) is 11.4. The fourth-order valence-corrected chi connectivity index (χ4v) is 5.16. The zero-order chi connectivity index (χ0) is 27.0. The van der Waals surface area contributed by atoms with E-state index in [0.717, 1.165) is 18.2 Å². The maximum absolute atomic E-state index is 13.4. The van der Waals surface area contributed by atoms with E-state index < -0.39 is 16.1 Å². The smallest absolute Gasteiger partial charge is 0.242 e. The molecule has 1 N–H and O–H groups in total. The van der Waals surface area contributed by atoms with Gasteiger partial charge in [0.2, 0.25) is 21.8 Å². The van der Waals surface area contributed by atoms with Gasteiger partial charge in [0.1, 0.15) is 6.04 Å². The highest BCUT2D eigenvalue weighted by molar-refractivity contribution is 7.92. The van der Waals surface area contributed by atoms with E-state index in [1.807, 2.05) is 26.8 Å². The number of nitrogens with zero attached hydrogens (tertiary/aromatic N) is 2. The van der Waals surface area contributed by atoms with Crippen molar-refractivity contribution in [1.82, 2.24) is 10.2 Å². The van der Waals surface area contributed by atoms with Crippen LogP contribution in [0.4, 0.5) is 5.69 Å². The minimum Gasteiger partial charge on any atom is -0.352 e. The van der Waals surface area contributed by atoms with Gasteiger partial charge in [0, 0.05) is 41.2 Å². The zero-order valence-corrected chi connectivity index (χ0v) is 23.8. The Balaban J connectivity index is 2.23. The summed E-state index contributed by atoms with van der Waals surface area (Å²) in [5.74, 6) is -0.575.